The van der Waals surface area contributed by atoms with Crippen LogP contribution in [0.4, 0.5) is 0 Å². The third-order valence-corrected chi connectivity index (χ3v) is 3.42. The van der Waals surface area contributed by atoms with Gasteiger partial charge in [0.05, 0.1) is 6.07 Å². The Hall–Kier alpha value is -0.590. The quantitative estimate of drug-likeness (QED) is 0.729. The SMILES string of the molecule is CNC(C)(C#N)CCN(C)C(C)C(C)C. The Bertz CT molecular complexity index is 219. The van der Waals surface area contributed by atoms with Gasteiger partial charge in [-0.1, -0.05) is 13.8 Å². The first-order valence-corrected chi connectivity index (χ1v) is 5.66. The molecule has 0 aromatic rings. The summed E-state index contributed by atoms with van der Waals surface area (Å²) in [6, 6.07) is 2.87. The molecule has 0 aliphatic rings. The van der Waals surface area contributed by atoms with E-state index < -0.39 is 5.54 Å². The van der Waals surface area contributed by atoms with Crippen LogP contribution in [0.1, 0.15) is 34.1 Å². The predicted octanol–water partition coefficient (Wildman–Crippen LogP) is 1.85. The van der Waals surface area contributed by atoms with Crippen LogP contribution < -0.4 is 5.32 Å². The highest BCUT2D eigenvalue weighted by molar-refractivity contribution is 5.03. The molecule has 0 heterocycles. The van der Waals surface area contributed by atoms with Gasteiger partial charge in [-0.3, -0.25) is 0 Å². The molecule has 0 aromatic carbocycles. The number of nitrogens with one attached hydrogen (secondary N) is 1. The van der Waals surface area contributed by atoms with E-state index in [0.29, 0.717) is 12.0 Å². The van der Waals surface area contributed by atoms with Crippen molar-refractivity contribution in [3.05, 3.63) is 0 Å². The smallest absolute Gasteiger partial charge is 0.104 e. The molecule has 0 aliphatic heterocycles. The largest absolute Gasteiger partial charge is 0.303 e. The molecule has 0 aromatic heterocycles. The highest BCUT2D eigenvalue weighted by Crippen LogP contribution is 2.12. The zero-order chi connectivity index (χ0) is 12.1. The van der Waals surface area contributed by atoms with E-state index in [2.05, 4.69) is 44.1 Å². The van der Waals surface area contributed by atoms with Gasteiger partial charge in [0.1, 0.15) is 5.54 Å². The van der Waals surface area contributed by atoms with Crippen LogP contribution in [-0.4, -0.2) is 37.1 Å². The maximum Gasteiger partial charge on any atom is 0.104 e. The average Bonchev–Trinajstić information content (AvgIpc) is 2.24. The van der Waals surface area contributed by atoms with Crippen molar-refractivity contribution < 1.29 is 0 Å². The molecule has 88 valence electrons. The molecule has 0 saturated carbocycles. The Labute approximate surface area is 94.5 Å². The molecule has 0 fully saturated rings. The summed E-state index contributed by atoms with van der Waals surface area (Å²) < 4.78 is 0. The van der Waals surface area contributed by atoms with Crippen LogP contribution in [0.15, 0.2) is 0 Å². The molecule has 2 atom stereocenters. The lowest BCUT2D eigenvalue weighted by Gasteiger charge is -2.30. The lowest BCUT2D eigenvalue weighted by molar-refractivity contribution is 0.193. The molecular formula is C12H25N3. The zero-order valence-electron chi connectivity index (χ0n) is 11.0. The molecule has 2 unspecified atom stereocenters. The fourth-order valence-electron chi connectivity index (χ4n) is 1.35. The number of hydrogen-bond acceptors (Lipinski definition) is 3. The topological polar surface area (TPSA) is 39.1 Å². The Kier molecular flexibility index (Phi) is 5.85. The van der Waals surface area contributed by atoms with Crippen molar-refractivity contribution in [2.45, 2.75) is 45.7 Å². The van der Waals surface area contributed by atoms with Gasteiger partial charge in [0.25, 0.3) is 0 Å². The molecule has 0 amide bonds. The van der Waals surface area contributed by atoms with Crippen molar-refractivity contribution in [2.24, 2.45) is 5.92 Å². The second-order valence-corrected chi connectivity index (χ2v) is 4.91. The monoisotopic (exact) mass is 211 g/mol. The van der Waals surface area contributed by atoms with Crippen LogP contribution in [0.3, 0.4) is 0 Å². The first-order valence-electron chi connectivity index (χ1n) is 5.66. The summed E-state index contributed by atoms with van der Waals surface area (Å²) in [7, 11) is 3.97. The lowest BCUT2D eigenvalue weighted by atomic mass is 9.98. The summed E-state index contributed by atoms with van der Waals surface area (Å²) in [6.07, 6.45) is 0.855. The molecule has 0 saturated heterocycles. The molecule has 3 heteroatoms. The third-order valence-electron chi connectivity index (χ3n) is 3.42. The van der Waals surface area contributed by atoms with Gasteiger partial charge in [-0.2, -0.15) is 5.26 Å². The fraction of sp³-hybridized carbons (Fsp3) is 0.917. The lowest BCUT2D eigenvalue weighted by Crippen LogP contribution is -2.43. The second-order valence-electron chi connectivity index (χ2n) is 4.91. The second kappa shape index (κ2) is 6.09. The minimum atomic E-state index is -0.398. The minimum absolute atomic E-state index is 0.398. The van der Waals surface area contributed by atoms with Crippen LogP contribution >= 0.6 is 0 Å². The van der Waals surface area contributed by atoms with Crippen LogP contribution in [0.5, 0.6) is 0 Å². The van der Waals surface area contributed by atoms with Gasteiger partial charge in [-0.15, -0.1) is 0 Å². The van der Waals surface area contributed by atoms with E-state index >= 15 is 0 Å². The highest BCUT2D eigenvalue weighted by Gasteiger charge is 2.22. The number of hydrogen-bond donors (Lipinski definition) is 1. The van der Waals surface area contributed by atoms with Crippen molar-refractivity contribution in [3.63, 3.8) is 0 Å². The van der Waals surface area contributed by atoms with Crippen molar-refractivity contribution in [2.75, 3.05) is 20.6 Å². The van der Waals surface area contributed by atoms with Gasteiger partial charge in [-0.05, 0) is 40.3 Å². The van der Waals surface area contributed by atoms with E-state index in [1.807, 2.05) is 14.0 Å². The number of rotatable bonds is 6. The summed E-state index contributed by atoms with van der Waals surface area (Å²) in [6.45, 7) is 9.57. The molecule has 1 N–H and O–H groups in total. The van der Waals surface area contributed by atoms with Crippen LogP contribution in [0.25, 0.3) is 0 Å². The zero-order valence-corrected chi connectivity index (χ0v) is 11.0. The first-order chi connectivity index (χ1) is 6.86. The van der Waals surface area contributed by atoms with E-state index in [1.54, 1.807) is 0 Å². The van der Waals surface area contributed by atoms with Gasteiger partial charge in [0, 0.05) is 12.6 Å². The maximum absolute atomic E-state index is 9.01. The van der Waals surface area contributed by atoms with E-state index in [9.17, 15) is 0 Å². The van der Waals surface area contributed by atoms with Crippen LogP contribution in [0.2, 0.25) is 0 Å². The van der Waals surface area contributed by atoms with Crippen LogP contribution in [0, 0.1) is 17.2 Å². The normalized spacial score (nSPS) is 17.5. The van der Waals surface area contributed by atoms with Crippen LogP contribution in [-0.2, 0) is 0 Å². The predicted molar refractivity (Wildman–Crippen MR) is 64.6 cm³/mol. The summed E-state index contributed by atoms with van der Waals surface area (Å²) in [5, 5.41) is 12.1. The van der Waals surface area contributed by atoms with Gasteiger partial charge in [0.15, 0.2) is 0 Å². The Balaban J connectivity index is 4.11. The highest BCUT2D eigenvalue weighted by atomic mass is 15.1. The molecule has 0 aliphatic carbocycles. The standard InChI is InChI=1S/C12H25N3/c1-10(2)11(3)15(6)8-7-12(4,9-13)14-5/h10-11,14H,7-8H2,1-6H3. The van der Waals surface area contributed by atoms with Gasteiger partial charge < -0.3 is 10.2 Å². The van der Waals surface area contributed by atoms with Crippen molar-refractivity contribution >= 4 is 0 Å². The van der Waals surface area contributed by atoms with Crippen molar-refractivity contribution in [3.8, 4) is 6.07 Å². The maximum atomic E-state index is 9.01. The molecular weight excluding hydrogens is 186 g/mol. The average molecular weight is 211 g/mol. The minimum Gasteiger partial charge on any atom is -0.303 e. The molecule has 0 radical (unpaired) electrons. The fourth-order valence-corrected chi connectivity index (χ4v) is 1.35. The van der Waals surface area contributed by atoms with Gasteiger partial charge >= 0.3 is 0 Å². The number of nitriles is 1. The summed E-state index contributed by atoms with van der Waals surface area (Å²) in [5.41, 5.74) is -0.398. The molecule has 0 spiro atoms. The van der Waals surface area contributed by atoms with E-state index in [-0.39, 0.29) is 0 Å². The molecule has 0 bridgehead atoms. The van der Waals surface area contributed by atoms with Gasteiger partial charge in [-0.25, -0.2) is 0 Å². The summed E-state index contributed by atoms with van der Waals surface area (Å²) in [4.78, 5) is 2.32. The Morgan fingerprint density at radius 1 is 1.40 bits per heavy atom. The Morgan fingerprint density at radius 3 is 2.27 bits per heavy atom. The van der Waals surface area contributed by atoms with E-state index in [1.165, 1.54) is 0 Å². The Morgan fingerprint density at radius 2 is 1.93 bits per heavy atom. The van der Waals surface area contributed by atoms with Crippen molar-refractivity contribution in [1.29, 1.82) is 5.26 Å². The van der Waals surface area contributed by atoms with E-state index in [0.717, 1.165) is 13.0 Å². The number of nitrogens with zero attached hydrogens (tertiary/aromatic N) is 2. The third kappa shape index (κ3) is 4.63. The van der Waals surface area contributed by atoms with Crippen molar-refractivity contribution in [1.82, 2.24) is 10.2 Å². The van der Waals surface area contributed by atoms with E-state index in [4.69, 9.17) is 5.26 Å². The summed E-state index contributed by atoms with van der Waals surface area (Å²) >= 11 is 0. The van der Waals surface area contributed by atoms with Gasteiger partial charge in [0.2, 0.25) is 0 Å². The first kappa shape index (κ1) is 14.4. The molecule has 0 rings (SSSR count). The molecule has 15 heavy (non-hydrogen) atoms. The summed E-state index contributed by atoms with van der Waals surface area (Å²) in [5.74, 6) is 0.651. The molecule has 3 nitrogen and oxygen atoms in total.